The van der Waals surface area contributed by atoms with Gasteiger partial charge in [0.05, 0.1) is 43.0 Å². The minimum Gasteiger partial charge on any atom is -0.481 e. The smallest absolute Gasteiger partial charge is 0.306 e. The minimum atomic E-state index is -1.30. The van der Waals surface area contributed by atoms with Gasteiger partial charge in [-0.05, 0) is 38.5 Å². The van der Waals surface area contributed by atoms with Gasteiger partial charge in [0.25, 0.3) is 0 Å². The first-order valence-electron chi connectivity index (χ1n) is 18.3. The van der Waals surface area contributed by atoms with Gasteiger partial charge < -0.3 is 39.4 Å². The standard InChI is InChI=1S/C41H66O9/c1-11-26(2)22-28(4)38(46)32(8)40-30(6)34(48-10)25-41(50-40)35(42)23-29(5)39(49-41)31(7)37(45)27(3)20-18-16-14-12-13-15-17-19-21-33(47-9)24-36(43)44/h11-21,27-35,37-40,42,45-46H,22-25H2,1-10H3,(H,43,44)/b13-12-,16-14+,17-15+,20-18-,21-19-,26-11+/t27-,28-,29-,30+,31-,32+,33+,34+,35-,37-,38-,39?,40-,41+/m0/s1. The maximum atomic E-state index is 11.5. The number of aliphatic hydroxyl groups excluding tert-OH is 3. The Morgan fingerprint density at radius 2 is 1.40 bits per heavy atom. The summed E-state index contributed by atoms with van der Waals surface area (Å²) in [5.74, 6) is -2.87. The monoisotopic (exact) mass is 702 g/mol. The molecule has 284 valence electrons. The van der Waals surface area contributed by atoms with Crippen molar-refractivity contribution < 1.29 is 44.2 Å². The molecule has 1 unspecified atom stereocenters. The Morgan fingerprint density at radius 1 is 0.860 bits per heavy atom. The molecule has 0 aromatic heterocycles. The summed E-state index contributed by atoms with van der Waals surface area (Å²) in [6, 6.07) is 0. The number of carbonyl (C=O) groups is 1. The van der Waals surface area contributed by atoms with E-state index >= 15 is 0 Å². The fourth-order valence-corrected chi connectivity index (χ4v) is 7.42. The van der Waals surface area contributed by atoms with Crippen molar-refractivity contribution in [3.63, 3.8) is 0 Å². The van der Waals surface area contributed by atoms with Crippen LogP contribution in [0.15, 0.2) is 72.4 Å². The van der Waals surface area contributed by atoms with Crippen LogP contribution in [0.4, 0.5) is 0 Å². The Hall–Kier alpha value is -2.37. The van der Waals surface area contributed by atoms with Crippen molar-refractivity contribution >= 4 is 5.97 Å². The number of methoxy groups -OCH3 is 2. The van der Waals surface area contributed by atoms with Crippen LogP contribution < -0.4 is 0 Å². The van der Waals surface area contributed by atoms with E-state index < -0.39 is 42.3 Å². The summed E-state index contributed by atoms with van der Waals surface area (Å²) in [5, 5.41) is 43.3. The van der Waals surface area contributed by atoms with Crippen LogP contribution in [0.25, 0.3) is 0 Å². The molecular formula is C41H66O9. The van der Waals surface area contributed by atoms with Gasteiger partial charge in [-0.15, -0.1) is 0 Å². The van der Waals surface area contributed by atoms with Gasteiger partial charge in [-0.25, -0.2) is 0 Å². The lowest BCUT2D eigenvalue weighted by molar-refractivity contribution is -0.391. The fourth-order valence-electron chi connectivity index (χ4n) is 7.42. The SMILES string of the molecule is C/C=C(\C)C[C@H](C)[C@H](O)[C@@H](C)[C@H]1O[C@@]2(C[C@@H](OC)[C@H]1C)OC([C@@H](C)[C@@H](O)[C@@H](C)\C=C/C=C/C=C\C=C\C=C/[C@H](CC(=O)O)OC)[C@@H](C)C[C@@H]2O. The second-order valence-corrected chi connectivity index (χ2v) is 14.7. The number of aliphatic carboxylic acids is 1. The maximum Gasteiger partial charge on any atom is 0.306 e. The summed E-state index contributed by atoms with van der Waals surface area (Å²) in [7, 11) is 3.16. The lowest BCUT2D eigenvalue weighted by Crippen LogP contribution is -2.65. The number of carboxylic acid groups (broad SMARTS) is 1. The Bertz CT molecular complexity index is 1200. The highest BCUT2D eigenvalue weighted by molar-refractivity contribution is 5.67. The zero-order valence-electron chi connectivity index (χ0n) is 32.0. The highest BCUT2D eigenvalue weighted by atomic mass is 16.7. The van der Waals surface area contributed by atoms with Crippen LogP contribution in [-0.4, -0.2) is 89.1 Å². The van der Waals surface area contributed by atoms with Crippen molar-refractivity contribution in [1.82, 2.24) is 0 Å². The van der Waals surface area contributed by atoms with Crippen LogP contribution in [0, 0.1) is 35.5 Å². The number of ether oxygens (including phenoxy) is 4. The lowest BCUT2D eigenvalue weighted by Gasteiger charge is -2.56. The fraction of sp³-hybridized carbons (Fsp3) is 0.683. The Labute approximate surface area is 301 Å². The van der Waals surface area contributed by atoms with Gasteiger partial charge in [0, 0.05) is 44.3 Å². The molecule has 4 N–H and O–H groups in total. The van der Waals surface area contributed by atoms with E-state index in [4.69, 9.17) is 24.1 Å². The van der Waals surface area contributed by atoms with Crippen LogP contribution in [-0.2, 0) is 23.7 Å². The number of hydrogen-bond acceptors (Lipinski definition) is 8. The number of hydrogen-bond donors (Lipinski definition) is 4. The molecule has 0 aliphatic carbocycles. The molecule has 14 atom stereocenters. The van der Waals surface area contributed by atoms with Gasteiger partial charge in [-0.2, -0.15) is 0 Å². The Balaban J connectivity index is 2.10. The molecule has 0 amide bonds. The van der Waals surface area contributed by atoms with Crippen LogP contribution in [0.2, 0.25) is 0 Å². The van der Waals surface area contributed by atoms with Gasteiger partial charge in [-0.3, -0.25) is 4.79 Å². The zero-order valence-corrected chi connectivity index (χ0v) is 32.0. The second-order valence-electron chi connectivity index (χ2n) is 14.7. The summed E-state index contributed by atoms with van der Waals surface area (Å²) in [5.41, 5.74) is 1.23. The third kappa shape index (κ3) is 12.4. The third-order valence-corrected chi connectivity index (χ3v) is 10.8. The largest absolute Gasteiger partial charge is 0.481 e. The molecule has 2 saturated heterocycles. The van der Waals surface area contributed by atoms with Crippen molar-refractivity contribution in [2.24, 2.45) is 35.5 Å². The van der Waals surface area contributed by atoms with Crippen LogP contribution in [0.3, 0.4) is 0 Å². The van der Waals surface area contributed by atoms with Crippen molar-refractivity contribution in [2.75, 3.05) is 14.2 Å². The molecular weight excluding hydrogens is 636 g/mol. The van der Waals surface area contributed by atoms with Gasteiger partial charge >= 0.3 is 5.97 Å². The summed E-state index contributed by atoms with van der Waals surface area (Å²) < 4.78 is 24.6. The molecule has 0 bridgehead atoms. The summed E-state index contributed by atoms with van der Waals surface area (Å²) in [6.07, 6.45) is 18.4. The second kappa shape index (κ2) is 21.2. The quantitative estimate of drug-likeness (QED) is 0.0899. The van der Waals surface area contributed by atoms with Gasteiger partial charge in [0.15, 0.2) is 5.79 Å². The third-order valence-electron chi connectivity index (χ3n) is 10.8. The molecule has 0 radical (unpaired) electrons. The normalized spacial score (nSPS) is 32.7. The molecule has 0 aromatic rings. The number of rotatable bonds is 18. The van der Waals surface area contributed by atoms with E-state index in [0.29, 0.717) is 12.8 Å². The van der Waals surface area contributed by atoms with E-state index in [2.05, 4.69) is 26.8 Å². The first-order valence-corrected chi connectivity index (χ1v) is 18.3. The summed E-state index contributed by atoms with van der Waals surface area (Å²) in [4.78, 5) is 10.8. The predicted octanol–water partition coefficient (Wildman–Crippen LogP) is 6.80. The van der Waals surface area contributed by atoms with Crippen molar-refractivity contribution in [2.45, 2.75) is 130 Å². The van der Waals surface area contributed by atoms with E-state index in [9.17, 15) is 20.1 Å². The van der Waals surface area contributed by atoms with E-state index in [1.54, 1.807) is 25.3 Å². The van der Waals surface area contributed by atoms with Crippen LogP contribution in [0.1, 0.15) is 81.1 Å². The summed E-state index contributed by atoms with van der Waals surface area (Å²) >= 11 is 0. The molecule has 1 spiro atoms. The maximum absolute atomic E-state index is 11.5. The molecule has 0 saturated carbocycles. The van der Waals surface area contributed by atoms with Crippen molar-refractivity contribution in [3.05, 3.63) is 72.4 Å². The molecule has 2 fully saturated rings. The van der Waals surface area contributed by atoms with Crippen molar-refractivity contribution in [3.8, 4) is 0 Å². The van der Waals surface area contributed by atoms with Gasteiger partial charge in [0.2, 0.25) is 0 Å². The minimum absolute atomic E-state index is 0.0174. The molecule has 2 rings (SSSR count). The highest BCUT2D eigenvalue weighted by Gasteiger charge is 2.57. The van der Waals surface area contributed by atoms with E-state index in [1.807, 2.05) is 77.2 Å². The van der Waals surface area contributed by atoms with Gasteiger partial charge in [0.1, 0.15) is 6.10 Å². The van der Waals surface area contributed by atoms with Crippen LogP contribution >= 0.6 is 0 Å². The molecule has 9 heteroatoms. The topological polar surface area (TPSA) is 135 Å². The summed E-state index contributed by atoms with van der Waals surface area (Å²) in [6.45, 7) is 16.2. The van der Waals surface area contributed by atoms with Crippen molar-refractivity contribution in [1.29, 1.82) is 0 Å². The number of carboxylic acids is 1. The molecule has 0 aromatic carbocycles. The molecule has 2 heterocycles. The first-order chi connectivity index (χ1) is 23.6. The molecule has 2 aliphatic rings. The number of aliphatic hydroxyl groups is 3. The van der Waals surface area contributed by atoms with Crippen LogP contribution in [0.5, 0.6) is 0 Å². The van der Waals surface area contributed by atoms with E-state index in [0.717, 1.165) is 6.42 Å². The zero-order chi connectivity index (χ0) is 37.6. The average molecular weight is 703 g/mol. The predicted molar refractivity (Wildman–Crippen MR) is 198 cm³/mol. The number of allylic oxidation sites excluding steroid dienone is 10. The highest BCUT2D eigenvalue weighted by Crippen LogP contribution is 2.47. The van der Waals surface area contributed by atoms with E-state index in [1.165, 1.54) is 12.7 Å². The Morgan fingerprint density at radius 3 is 1.94 bits per heavy atom. The van der Waals surface area contributed by atoms with E-state index in [-0.39, 0.29) is 54.1 Å². The average Bonchev–Trinajstić information content (AvgIpc) is 3.09. The Kier molecular flexibility index (Phi) is 18.6. The molecule has 2 aliphatic heterocycles. The first kappa shape index (κ1) is 43.8. The molecule has 9 nitrogen and oxygen atoms in total. The van der Waals surface area contributed by atoms with Gasteiger partial charge in [-0.1, -0.05) is 114 Å². The molecule has 50 heavy (non-hydrogen) atoms. The lowest BCUT2D eigenvalue weighted by atomic mass is 9.74.